The van der Waals surface area contributed by atoms with Gasteiger partial charge < -0.3 is 28.5 Å². The molecule has 548 valence electrons. The Hall–Kier alpha value is -2.49. The second-order valence-corrected chi connectivity index (χ2v) is 29.4. The number of nitrogens with zero attached hydrogens (tertiary/aromatic N) is 1. The molecule has 0 aromatic rings. The third kappa shape index (κ3) is 76.7. The number of hydrogen-bond donors (Lipinski definition) is 1. The largest absolute Gasteiger partial charge is 0.477 e. The van der Waals surface area contributed by atoms with E-state index in [-0.39, 0.29) is 38.2 Å². The van der Waals surface area contributed by atoms with Crippen LogP contribution < -0.4 is 0 Å². The SMILES string of the molecule is CCCCCCC/C=C\C/C=C\CCCCCCCCCCCCCCCCCC(=O)OC(COC(=O)CCCCCCCCCCCCCCCCCCCCCCCCCCCCCCC/C=C\CCCCCCCCCC)COC(OCC[N+](C)(C)C)C(=O)O. The molecule has 0 bridgehead atoms. The van der Waals surface area contributed by atoms with Crippen LogP contribution in [0.2, 0.25) is 0 Å². The number of unbranched alkanes of at least 4 members (excludes halogenated alkanes) is 57. The Kier molecular flexibility index (Phi) is 73.3. The van der Waals surface area contributed by atoms with Crippen LogP contribution in [-0.2, 0) is 33.3 Å². The molecular formula is C84H160NO8+. The third-order valence-corrected chi connectivity index (χ3v) is 18.9. The molecule has 2 atom stereocenters. The van der Waals surface area contributed by atoms with Gasteiger partial charge in [-0.2, -0.15) is 0 Å². The fourth-order valence-electron chi connectivity index (χ4n) is 12.6. The van der Waals surface area contributed by atoms with E-state index in [1.165, 1.54) is 353 Å². The summed E-state index contributed by atoms with van der Waals surface area (Å²) >= 11 is 0. The predicted octanol–water partition coefficient (Wildman–Crippen LogP) is 26.3. The molecule has 0 radical (unpaired) electrons. The highest BCUT2D eigenvalue weighted by Crippen LogP contribution is 2.20. The summed E-state index contributed by atoms with van der Waals surface area (Å²) in [5, 5.41) is 9.77. The van der Waals surface area contributed by atoms with Crippen molar-refractivity contribution in [2.24, 2.45) is 0 Å². The number of quaternary nitrogens is 1. The molecule has 9 heteroatoms. The van der Waals surface area contributed by atoms with Gasteiger partial charge in [0.2, 0.25) is 0 Å². The van der Waals surface area contributed by atoms with Crippen molar-refractivity contribution >= 4 is 17.9 Å². The molecule has 0 aromatic carbocycles. The summed E-state index contributed by atoms with van der Waals surface area (Å²) in [5.74, 6) is -1.97. The van der Waals surface area contributed by atoms with Crippen molar-refractivity contribution in [2.75, 3.05) is 47.5 Å². The van der Waals surface area contributed by atoms with Crippen LogP contribution in [0.5, 0.6) is 0 Å². The van der Waals surface area contributed by atoms with Crippen molar-refractivity contribution in [3.63, 3.8) is 0 Å². The van der Waals surface area contributed by atoms with Crippen molar-refractivity contribution in [3.05, 3.63) is 36.5 Å². The van der Waals surface area contributed by atoms with Gasteiger partial charge in [0.25, 0.3) is 6.29 Å². The first-order chi connectivity index (χ1) is 45.6. The van der Waals surface area contributed by atoms with E-state index in [1.807, 2.05) is 21.1 Å². The van der Waals surface area contributed by atoms with E-state index in [9.17, 15) is 19.5 Å². The van der Waals surface area contributed by atoms with Crippen LogP contribution in [0.1, 0.15) is 425 Å². The molecule has 93 heavy (non-hydrogen) atoms. The first kappa shape index (κ1) is 90.5. The van der Waals surface area contributed by atoms with Crippen LogP contribution in [0.25, 0.3) is 0 Å². The van der Waals surface area contributed by atoms with Gasteiger partial charge in [0.1, 0.15) is 13.2 Å². The van der Waals surface area contributed by atoms with Crippen molar-refractivity contribution in [2.45, 2.75) is 437 Å². The zero-order valence-electron chi connectivity index (χ0n) is 63.0. The average molecular weight is 1310 g/mol. The monoisotopic (exact) mass is 1310 g/mol. The molecular weight excluding hydrogens is 1150 g/mol. The Bertz CT molecular complexity index is 1620. The molecule has 2 unspecified atom stereocenters. The predicted molar refractivity (Wildman–Crippen MR) is 401 cm³/mol. The van der Waals surface area contributed by atoms with Gasteiger partial charge in [0, 0.05) is 12.8 Å². The minimum atomic E-state index is -1.51. The molecule has 0 rings (SSSR count). The highest BCUT2D eigenvalue weighted by atomic mass is 16.7. The van der Waals surface area contributed by atoms with Gasteiger partial charge in [0.15, 0.2) is 6.10 Å². The van der Waals surface area contributed by atoms with Crippen molar-refractivity contribution in [3.8, 4) is 0 Å². The minimum Gasteiger partial charge on any atom is -0.477 e. The fourth-order valence-corrected chi connectivity index (χ4v) is 12.6. The van der Waals surface area contributed by atoms with Gasteiger partial charge in [-0.3, -0.25) is 9.59 Å². The summed E-state index contributed by atoms with van der Waals surface area (Å²) in [4.78, 5) is 37.7. The van der Waals surface area contributed by atoms with E-state index in [0.29, 0.717) is 17.4 Å². The third-order valence-electron chi connectivity index (χ3n) is 18.9. The first-order valence-corrected chi connectivity index (χ1v) is 41.2. The van der Waals surface area contributed by atoms with Crippen LogP contribution in [0.4, 0.5) is 0 Å². The van der Waals surface area contributed by atoms with Gasteiger partial charge >= 0.3 is 17.9 Å². The second-order valence-electron chi connectivity index (χ2n) is 29.4. The van der Waals surface area contributed by atoms with Crippen LogP contribution in [-0.4, -0.2) is 87.4 Å². The van der Waals surface area contributed by atoms with Gasteiger partial charge in [-0.05, 0) is 70.6 Å². The highest BCUT2D eigenvalue weighted by Gasteiger charge is 2.25. The lowest BCUT2D eigenvalue weighted by Crippen LogP contribution is -2.40. The Balaban J connectivity index is 3.91. The van der Waals surface area contributed by atoms with Crippen molar-refractivity contribution < 1.29 is 42.9 Å². The Morgan fingerprint density at radius 2 is 0.581 bits per heavy atom. The summed E-state index contributed by atoms with van der Waals surface area (Å²) in [6, 6.07) is 0. The maximum absolute atomic E-state index is 13.0. The number of ether oxygens (including phenoxy) is 4. The minimum absolute atomic E-state index is 0.176. The quantitative estimate of drug-likeness (QED) is 0.0211. The van der Waals surface area contributed by atoms with Gasteiger partial charge in [-0.25, -0.2) is 4.79 Å². The number of rotatable bonds is 78. The maximum atomic E-state index is 13.0. The molecule has 0 saturated carbocycles. The zero-order valence-corrected chi connectivity index (χ0v) is 63.0. The molecule has 0 saturated heterocycles. The Morgan fingerprint density at radius 1 is 0.323 bits per heavy atom. The lowest BCUT2D eigenvalue weighted by atomic mass is 10.0. The molecule has 9 nitrogen and oxygen atoms in total. The second kappa shape index (κ2) is 75.3. The Labute approximate surface area is 579 Å². The number of esters is 2. The number of hydrogen-bond acceptors (Lipinski definition) is 7. The van der Waals surface area contributed by atoms with E-state index in [1.54, 1.807) is 0 Å². The fraction of sp³-hybridized carbons (Fsp3) is 0.893. The van der Waals surface area contributed by atoms with Crippen LogP contribution >= 0.6 is 0 Å². The molecule has 0 aromatic heterocycles. The van der Waals surface area contributed by atoms with E-state index >= 15 is 0 Å². The number of carboxylic acids is 1. The molecule has 1 N–H and O–H groups in total. The van der Waals surface area contributed by atoms with E-state index in [2.05, 4.69) is 50.3 Å². The standard InChI is InChI=1S/C84H159NO8/c1-6-8-10-12-14-16-18-20-22-24-26-28-30-32-34-35-36-37-38-39-40-41-42-43-44-45-46-47-49-50-52-54-56-58-60-62-64-66-68-70-72-74-81(86)91-78-80(79-92-84(83(88)89)90-77-76-85(3,4)5)93-82(87)75-73-71-69-67-65-63-61-59-57-55-53-51-48-33-31-29-27-25-23-21-19-17-15-13-11-9-7-2/h19,21,24-27,80,84H,6-18,20,22-23,28-79H2,1-5H3/p+1/b21-19-,26-24-,27-25-. The molecule has 0 aliphatic heterocycles. The molecule has 0 heterocycles. The topological polar surface area (TPSA) is 108 Å². The number of carbonyl (C=O) groups is 3. The molecule has 0 aliphatic rings. The van der Waals surface area contributed by atoms with Crippen molar-refractivity contribution in [1.29, 1.82) is 0 Å². The summed E-state index contributed by atoms with van der Waals surface area (Å²) < 4.78 is 23.1. The number of carbonyl (C=O) groups excluding carboxylic acids is 2. The molecule has 0 aliphatic carbocycles. The summed E-state index contributed by atoms with van der Waals surface area (Å²) in [6.45, 7) is 4.94. The first-order valence-electron chi connectivity index (χ1n) is 41.2. The number of allylic oxidation sites excluding steroid dienone is 6. The normalized spacial score (nSPS) is 12.7. The molecule has 0 amide bonds. The lowest BCUT2D eigenvalue weighted by molar-refractivity contribution is -0.870. The molecule has 0 spiro atoms. The van der Waals surface area contributed by atoms with Crippen LogP contribution in [0.3, 0.4) is 0 Å². The molecule has 0 fully saturated rings. The maximum Gasteiger partial charge on any atom is 0.361 e. The zero-order chi connectivity index (χ0) is 67.5. The van der Waals surface area contributed by atoms with Crippen LogP contribution in [0.15, 0.2) is 36.5 Å². The van der Waals surface area contributed by atoms with E-state index in [0.717, 1.165) is 44.9 Å². The summed E-state index contributed by atoms with van der Waals surface area (Å²) in [6.07, 6.45) is 94.6. The van der Waals surface area contributed by atoms with E-state index < -0.39 is 18.4 Å². The summed E-state index contributed by atoms with van der Waals surface area (Å²) in [7, 11) is 6.00. The lowest BCUT2D eigenvalue weighted by Gasteiger charge is -2.25. The highest BCUT2D eigenvalue weighted by molar-refractivity contribution is 5.71. The number of carboxylic acid groups (broad SMARTS) is 1. The van der Waals surface area contributed by atoms with Crippen molar-refractivity contribution in [1.82, 2.24) is 0 Å². The average Bonchev–Trinajstić information content (AvgIpc) is 3.38. The number of aliphatic carboxylic acids is 1. The Morgan fingerprint density at radius 3 is 0.860 bits per heavy atom. The van der Waals surface area contributed by atoms with Gasteiger partial charge in [-0.15, -0.1) is 0 Å². The van der Waals surface area contributed by atoms with Crippen LogP contribution in [0, 0.1) is 0 Å². The van der Waals surface area contributed by atoms with E-state index in [4.69, 9.17) is 18.9 Å². The number of likely N-dealkylation sites (N-methyl/N-ethyl adjacent to an activating group) is 1. The van der Waals surface area contributed by atoms with Gasteiger partial charge in [-0.1, -0.05) is 378 Å². The smallest absolute Gasteiger partial charge is 0.361 e. The van der Waals surface area contributed by atoms with Gasteiger partial charge in [0.05, 0.1) is 34.4 Å². The summed E-state index contributed by atoms with van der Waals surface area (Å²) in [5.41, 5.74) is 0.